The highest BCUT2D eigenvalue weighted by molar-refractivity contribution is 7.09. The molecule has 2 aromatic rings. The number of amides is 1. The zero-order valence-electron chi connectivity index (χ0n) is 11.5. The van der Waals surface area contributed by atoms with Gasteiger partial charge >= 0.3 is 6.18 Å². The molecule has 0 bridgehead atoms. The van der Waals surface area contributed by atoms with E-state index >= 15 is 0 Å². The molecule has 1 heterocycles. The maximum absolute atomic E-state index is 12.2. The Morgan fingerprint density at radius 1 is 1.18 bits per heavy atom. The highest BCUT2D eigenvalue weighted by Crippen LogP contribution is 2.26. The van der Waals surface area contributed by atoms with E-state index in [1.807, 2.05) is 17.5 Å². The molecule has 7 heteroatoms. The van der Waals surface area contributed by atoms with Crippen molar-refractivity contribution in [3.05, 3.63) is 46.7 Å². The Hall–Kier alpha value is -2.02. The number of anilines is 1. The number of hydrogen-bond donors (Lipinski definition) is 1. The predicted octanol–water partition coefficient (Wildman–Crippen LogP) is 4.26. The summed E-state index contributed by atoms with van der Waals surface area (Å²) in [7, 11) is 0. The lowest BCUT2D eigenvalue weighted by atomic mass is 10.2. The summed E-state index contributed by atoms with van der Waals surface area (Å²) < 4.78 is 41.3. The van der Waals surface area contributed by atoms with Gasteiger partial charge in [0.05, 0.1) is 5.69 Å². The number of nitrogens with one attached hydrogen (secondary N) is 1. The van der Waals surface area contributed by atoms with Gasteiger partial charge in [-0.3, -0.25) is 4.79 Å². The minimum absolute atomic E-state index is 0.00398. The third-order valence-electron chi connectivity index (χ3n) is 2.73. The van der Waals surface area contributed by atoms with Crippen LogP contribution in [-0.2, 0) is 11.2 Å². The third-order valence-corrected chi connectivity index (χ3v) is 3.67. The first-order valence-corrected chi connectivity index (χ1v) is 7.43. The number of para-hydroxylation sites is 2. The molecule has 2 rings (SSSR count). The van der Waals surface area contributed by atoms with Gasteiger partial charge in [-0.1, -0.05) is 18.2 Å². The summed E-state index contributed by atoms with van der Waals surface area (Å²) in [6.45, 7) is -1.39. The summed E-state index contributed by atoms with van der Waals surface area (Å²) >= 11 is 1.56. The fourth-order valence-corrected chi connectivity index (χ4v) is 2.47. The maximum Gasteiger partial charge on any atom is 0.422 e. The van der Waals surface area contributed by atoms with Gasteiger partial charge in [-0.2, -0.15) is 13.2 Å². The van der Waals surface area contributed by atoms with E-state index in [1.165, 1.54) is 12.1 Å². The molecular weight excluding hydrogens is 315 g/mol. The summed E-state index contributed by atoms with van der Waals surface area (Å²) in [6, 6.07) is 9.90. The van der Waals surface area contributed by atoms with Crippen molar-refractivity contribution in [3.63, 3.8) is 0 Å². The van der Waals surface area contributed by atoms with Gasteiger partial charge in [-0.05, 0) is 30.0 Å². The molecule has 1 N–H and O–H groups in total. The van der Waals surface area contributed by atoms with Gasteiger partial charge in [-0.15, -0.1) is 11.3 Å². The van der Waals surface area contributed by atoms with Crippen LogP contribution in [0.15, 0.2) is 41.8 Å². The Morgan fingerprint density at radius 2 is 1.95 bits per heavy atom. The molecule has 3 nitrogen and oxygen atoms in total. The SMILES string of the molecule is O=C(CCc1cccs1)Nc1ccccc1OCC(F)(F)F. The Balaban J connectivity index is 1.92. The molecule has 118 valence electrons. The van der Waals surface area contributed by atoms with Crippen LogP contribution < -0.4 is 10.1 Å². The number of benzene rings is 1. The predicted molar refractivity (Wildman–Crippen MR) is 79.3 cm³/mol. The number of thiophene rings is 1. The van der Waals surface area contributed by atoms with Crippen LogP contribution in [0.4, 0.5) is 18.9 Å². The molecule has 0 aliphatic rings. The molecule has 22 heavy (non-hydrogen) atoms. The fourth-order valence-electron chi connectivity index (χ4n) is 1.76. The molecule has 0 spiro atoms. The van der Waals surface area contributed by atoms with Crippen LogP contribution in [-0.4, -0.2) is 18.7 Å². The Morgan fingerprint density at radius 3 is 2.64 bits per heavy atom. The Labute approximate surface area is 129 Å². The topological polar surface area (TPSA) is 38.3 Å². The summed E-state index contributed by atoms with van der Waals surface area (Å²) in [5, 5.41) is 4.51. The lowest BCUT2D eigenvalue weighted by molar-refractivity contribution is -0.153. The number of carbonyl (C=O) groups is 1. The number of carbonyl (C=O) groups excluding carboxylic acids is 1. The number of rotatable bonds is 6. The second kappa shape index (κ2) is 7.31. The second-order valence-corrected chi connectivity index (χ2v) is 5.56. The minimum Gasteiger partial charge on any atom is -0.482 e. The van der Waals surface area contributed by atoms with Crippen molar-refractivity contribution >= 4 is 22.9 Å². The van der Waals surface area contributed by atoms with Gasteiger partial charge in [0.25, 0.3) is 0 Å². The first-order chi connectivity index (χ1) is 10.4. The average molecular weight is 329 g/mol. The van der Waals surface area contributed by atoms with E-state index in [0.29, 0.717) is 6.42 Å². The number of hydrogen-bond acceptors (Lipinski definition) is 3. The molecule has 0 unspecified atom stereocenters. The van der Waals surface area contributed by atoms with Crippen LogP contribution in [0.2, 0.25) is 0 Å². The van der Waals surface area contributed by atoms with Crippen LogP contribution in [0, 0.1) is 0 Å². The molecule has 0 saturated carbocycles. The van der Waals surface area contributed by atoms with Crippen molar-refractivity contribution in [1.82, 2.24) is 0 Å². The van der Waals surface area contributed by atoms with Gasteiger partial charge in [-0.25, -0.2) is 0 Å². The molecule has 0 aliphatic carbocycles. The molecule has 0 saturated heterocycles. The monoisotopic (exact) mass is 329 g/mol. The fraction of sp³-hybridized carbons (Fsp3) is 0.267. The molecule has 0 radical (unpaired) electrons. The second-order valence-electron chi connectivity index (χ2n) is 4.53. The number of halogens is 3. The van der Waals surface area contributed by atoms with Crippen molar-refractivity contribution in [2.75, 3.05) is 11.9 Å². The van der Waals surface area contributed by atoms with Crippen molar-refractivity contribution < 1.29 is 22.7 Å². The van der Waals surface area contributed by atoms with E-state index in [0.717, 1.165) is 4.88 Å². The molecule has 1 aromatic heterocycles. The molecule has 0 aliphatic heterocycles. The van der Waals surface area contributed by atoms with Crippen LogP contribution in [0.3, 0.4) is 0 Å². The Bertz CT molecular complexity index is 612. The van der Waals surface area contributed by atoms with Crippen LogP contribution in [0.5, 0.6) is 5.75 Å². The van der Waals surface area contributed by atoms with Gasteiger partial charge in [0.1, 0.15) is 5.75 Å². The largest absolute Gasteiger partial charge is 0.482 e. The van der Waals surface area contributed by atoms with E-state index < -0.39 is 12.8 Å². The summed E-state index contributed by atoms with van der Waals surface area (Å²) in [5.41, 5.74) is 0.239. The first-order valence-electron chi connectivity index (χ1n) is 6.55. The molecule has 0 atom stereocenters. The summed E-state index contributed by atoms with van der Waals surface area (Å²) in [5.74, 6) is -0.263. The van der Waals surface area contributed by atoms with Gasteiger partial charge in [0, 0.05) is 11.3 Å². The zero-order chi connectivity index (χ0) is 16.0. The number of ether oxygens (including phenoxy) is 1. The Kier molecular flexibility index (Phi) is 5.43. The normalized spacial score (nSPS) is 11.2. The van der Waals surface area contributed by atoms with Crippen molar-refractivity contribution in [2.24, 2.45) is 0 Å². The lowest BCUT2D eigenvalue weighted by Gasteiger charge is -2.13. The molecular formula is C15H14F3NO2S. The molecule has 1 amide bonds. The summed E-state index contributed by atoms with van der Waals surface area (Å²) in [6.07, 6.45) is -3.57. The third kappa shape index (κ3) is 5.40. The van der Waals surface area contributed by atoms with Crippen LogP contribution in [0.1, 0.15) is 11.3 Å². The van der Waals surface area contributed by atoms with Gasteiger partial charge in [0.15, 0.2) is 6.61 Å². The zero-order valence-corrected chi connectivity index (χ0v) is 12.3. The van der Waals surface area contributed by atoms with Crippen molar-refractivity contribution in [2.45, 2.75) is 19.0 Å². The van der Waals surface area contributed by atoms with Crippen LogP contribution in [0.25, 0.3) is 0 Å². The van der Waals surface area contributed by atoms with Gasteiger partial charge < -0.3 is 10.1 Å². The standard InChI is InChI=1S/C15H14F3NO2S/c16-15(17,18)10-21-13-6-2-1-5-12(13)19-14(20)8-7-11-4-3-9-22-11/h1-6,9H,7-8,10H2,(H,19,20). The summed E-state index contributed by atoms with van der Waals surface area (Å²) in [4.78, 5) is 13.0. The van der Waals surface area contributed by atoms with E-state index in [1.54, 1.807) is 23.5 Å². The van der Waals surface area contributed by atoms with E-state index in [9.17, 15) is 18.0 Å². The van der Waals surface area contributed by atoms with Crippen molar-refractivity contribution in [1.29, 1.82) is 0 Å². The number of aryl methyl sites for hydroxylation is 1. The van der Waals surface area contributed by atoms with Crippen LogP contribution >= 0.6 is 11.3 Å². The first kappa shape index (κ1) is 16.4. The highest BCUT2D eigenvalue weighted by atomic mass is 32.1. The highest BCUT2D eigenvalue weighted by Gasteiger charge is 2.28. The van der Waals surface area contributed by atoms with Gasteiger partial charge in [0.2, 0.25) is 5.91 Å². The molecule has 1 aromatic carbocycles. The average Bonchev–Trinajstić information content (AvgIpc) is 2.97. The lowest BCUT2D eigenvalue weighted by Crippen LogP contribution is -2.20. The van der Waals surface area contributed by atoms with E-state index in [-0.39, 0.29) is 23.8 Å². The van der Waals surface area contributed by atoms with Crippen molar-refractivity contribution in [3.8, 4) is 5.75 Å². The van der Waals surface area contributed by atoms with E-state index in [2.05, 4.69) is 5.32 Å². The maximum atomic E-state index is 12.2. The number of alkyl halides is 3. The molecule has 0 fully saturated rings. The smallest absolute Gasteiger partial charge is 0.422 e. The van der Waals surface area contributed by atoms with E-state index in [4.69, 9.17) is 4.74 Å². The quantitative estimate of drug-likeness (QED) is 0.860. The minimum atomic E-state index is -4.42.